The van der Waals surface area contributed by atoms with Crippen molar-refractivity contribution in [3.8, 4) is 0 Å². The molecular formula is C9H10Cl2OS. The molecule has 1 aromatic rings. The second-order valence-electron chi connectivity index (χ2n) is 2.58. The minimum absolute atomic E-state index is 0.437. The van der Waals surface area contributed by atoms with E-state index in [4.69, 9.17) is 27.6 Å². The van der Waals surface area contributed by atoms with Gasteiger partial charge in [0.25, 0.3) is 0 Å². The molecule has 0 unspecified atom stereocenters. The molecule has 13 heavy (non-hydrogen) atoms. The van der Waals surface area contributed by atoms with Crippen LogP contribution in [0.5, 0.6) is 0 Å². The van der Waals surface area contributed by atoms with Gasteiger partial charge < -0.3 is 4.42 Å². The lowest BCUT2D eigenvalue weighted by Gasteiger charge is -1.99. The van der Waals surface area contributed by atoms with Crippen molar-refractivity contribution in [3.63, 3.8) is 0 Å². The summed E-state index contributed by atoms with van der Waals surface area (Å²) in [6.07, 6.45) is 0. The van der Waals surface area contributed by atoms with Crippen LogP contribution in [0.15, 0.2) is 28.7 Å². The summed E-state index contributed by atoms with van der Waals surface area (Å²) in [4.78, 5) is 0. The van der Waals surface area contributed by atoms with Crippen LogP contribution in [0.1, 0.15) is 5.76 Å². The first-order valence-corrected chi connectivity index (χ1v) is 5.83. The maximum absolute atomic E-state index is 5.61. The summed E-state index contributed by atoms with van der Waals surface area (Å²) in [7, 11) is 0. The van der Waals surface area contributed by atoms with Gasteiger partial charge in [-0.05, 0) is 23.7 Å². The molecule has 0 radical (unpaired) electrons. The minimum atomic E-state index is 0.437. The number of hydrogen-bond acceptors (Lipinski definition) is 2. The van der Waals surface area contributed by atoms with E-state index in [2.05, 4.69) is 6.58 Å². The van der Waals surface area contributed by atoms with E-state index in [0.29, 0.717) is 11.1 Å². The van der Waals surface area contributed by atoms with E-state index in [1.807, 2.05) is 6.07 Å². The van der Waals surface area contributed by atoms with Crippen molar-refractivity contribution in [1.29, 1.82) is 0 Å². The molecule has 0 aromatic carbocycles. The zero-order valence-electron chi connectivity index (χ0n) is 7.06. The molecular weight excluding hydrogens is 227 g/mol. The highest BCUT2D eigenvalue weighted by atomic mass is 35.5. The lowest BCUT2D eigenvalue weighted by atomic mass is 10.4. The Labute approximate surface area is 92.1 Å². The maximum atomic E-state index is 5.61. The van der Waals surface area contributed by atoms with Crippen LogP contribution in [-0.4, -0.2) is 11.6 Å². The van der Waals surface area contributed by atoms with Gasteiger partial charge >= 0.3 is 0 Å². The third-order valence-corrected chi connectivity index (χ3v) is 3.05. The Morgan fingerprint density at radius 2 is 2.31 bits per heavy atom. The van der Waals surface area contributed by atoms with Gasteiger partial charge in [-0.2, -0.15) is 0 Å². The normalized spacial score (nSPS) is 10.3. The van der Waals surface area contributed by atoms with Crippen LogP contribution >= 0.6 is 35.0 Å². The van der Waals surface area contributed by atoms with E-state index >= 15 is 0 Å². The van der Waals surface area contributed by atoms with Gasteiger partial charge in [0.15, 0.2) is 5.22 Å². The highest BCUT2D eigenvalue weighted by Gasteiger charge is 2.00. The zero-order valence-corrected chi connectivity index (χ0v) is 9.38. The lowest BCUT2D eigenvalue weighted by molar-refractivity contribution is 0.532. The third-order valence-electron chi connectivity index (χ3n) is 1.37. The van der Waals surface area contributed by atoms with Gasteiger partial charge in [0, 0.05) is 11.6 Å². The van der Waals surface area contributed by atoms with Crippen molar-refractivity contribution in [2.45, 2.75) is 5.75 Å². The molecule has 4 heteroatoms. The highest BCUT2D eigenvalue weighted by Crippen LogP contribution is 2.19. The first-order valence-electron chi connectivity index (χ1n) is 3.77. The van der Waals surface area contributed by atoms with Crippen LogP contribution in [0.2, 0.25) is 5.22 Å². The van der Waals surface area contributed by atoms with Gasteiger partial charge in [-0.25, -0.2) is 0 Å². The first-order chi connectivity index (χ1) is 6.22. The Hall–Kier alpha value is -0.0500. The number of thioether (sulfide) groups is 1. The predicted molar refractivity (Wildman–Crippen MR) is 59.7 cm³/mol. The standard InChI is InChI=1S/C9H10Cl2OS/c1-7(4-10)5-13-6-8-2-3-9(11)12-8/h2-3H,1,4-6H2. The number of furan rings is 1. The molecule has 0 saturated carbocycles. The Morgan fingerprint density at radius 1 is 1.54 bits per heavy atom. The van der Waals surface area contributed by atoms with E-state index in [1.54, 1.807) is 17.8 Å². The molecule has 0 bridgehead atoms. The minimum Gasteiger partial charge on any atom is -0.449 e. The van der Waals surface area contributed by atoms with Crippen molar-refractivity contribution in [2.24, 2.45) is 0 Å². The monoisotopic (exact) mass is 236 g/mol. The summed E-state index contributed by atoms with van der Waals surface area (Å²) < 4.78 is 5.18. The molecule has 1 heterocycles. The fourth-order valence-electron chi connectivity index (χ4n) is 0.764. The van der Waals surface area contributed by atoms with Crippen LogP contribution in [0.4, 0.5) is 0 Å². The van der Waals surface area contributed by atoms with Crippen LogP contribution in [0.3, 0.4) is 0 Å². The summed E-state index contributed by atoms with van der Waals surface area (Å²) in [5.41, 5.74) is 1.03. The third kappa shape index (κ3) is 4.12. The highest BCUT2D eigenvalue weighted by molar-refractivity contribution is 7.98. The second kappa shape index (κ2) is 5.63. The number of hydrogen-bond donors (Lipinski definition) is 0. The van der Waals surface area contributed by atoms with Gasteiger partial charge in [-0.1, -0.05) is 12.2 Å². The molecule has 0 atom stereocenters. The van der Waals surface area contributed by atoms with E-state index in [9.17, 15) is 0 Å². The molecule has 0 aliphatic rings. The van der Waals surface area contributed by atoms with Crippen LogP contribution in [0.25, 0.3) is 0 Å². The average molecular weight is 237 g/mol. The Kier molecular flexibility index (Phi) is 4.78. The van der Waals surface area contributed by atoms with Gasteiger partial charge in [0.2, 0.25) is 0 Å². The second-order valence-corrected chi connectivity index (χ2v) is 4.21. The van der Waals surface area contributed by atoms with E-state index in [-0.39, 0.29) is 0 Å². The topological polar surface area (TPSA) is 13.1 Å². The zero-order chi connectivity index (χ0) is 9.68. The van der Waals surface area contributed by atoms with Gasteiger partial charge in [0.1, 0.15) is 5.76 Å². The molecule has 1 nitrogen and oxygen atoms in total. The number of halogens is 2. The number of alkyl halides is 1. The van der Waals surface area contributed by atoms with Gasteiger partial charge in [-0.15, -0.1) is 23.4 Å². The number of rotatable bonds is 5. The largest absolute Gasteiger partial charge is 0.449 e. The van der Waals surface area contributed by atoms with Crippen LogP contribution in [-0.2, 0) is 5.75 Å². The van der Waals surface area contributed by atoms with E-state index < -0.39 is 0 Å². The van der Waals surface area contributed by atoms with Crippen LogP contribution in [0, 0.1) is 0 Å². The molecule has 1 aromatic heterocycles. The quantitative estimate of drug-likeness (QED) is 0.568. The first kappa shape index (κ1) is 11.0. The Morgan fingerprint density at radius 3 is 2.85 bits per heavy atom. The van der Waals surface area contributed by atoms with Gasteiger partial charge in [-0.3, -0.25) is 0 Å². The molecule has 0 aliphatic heterocycles. The Bertz CT molecular complexity index is 283. The summed E-state index contributed by atoms with van der Waals surface area (Å²) in [5, 5.41) is 0.437. The summed E-state index contributed by atoms with van der Waals surface area (Å²) in [6, 6.07) is 3.62. The molecule has 0 N–H and O–H groups in total. The summed E-state index contributed by atoms with van der Waals surface area (Å²) >= 11 is 12.9. The maximum Gasteiger partial charge on any atom is 0.193 e. The molecule has 0 amide bonds. The predicted octanol–water partition coefficient (Wildman–Crippen LogP) is 3.96. The fourth-order valence-corrected chi connectivity index (χ4v) is 1.98. The molecule has 0 aliphatic carbocycles. The van der Waals surface area contributed by atoms with E-state index in [0.717, 1.165) is 22.8 Å². The lowest BCUT2D eigenvalue weighted by Crippen LogP contribution is -1.87. The molecule has 0 spiro atoms. The average Bonchev–Trinajstić information content (AvgIpc) is 2.51. The smallest absolute Gasteiger partial charge is 0.193 e. The van der Waals surface area contributed by atoms with Crippen molar-refractivity contribution in [1.82, 2.24) is 0 Å². The van der Waals surface area contributed by atoms with Crippen molar-refractivity contribution in [3.05, 3.63) is 35.3 Å². The summed E-state index contributed by atoms with van der Waals surface area (Å²) in [6.45, 7) is 3.80. The molecule has 0 fully saturated rings. The van der Waals surface area contributed by atoms with Crippen molar-refractivity contribution in [2.75, 3.05) is 11.6 Å². The molecule has 72 valence electrons. The van der Waals surface area contributed by atoms with Crippen molar-refractivity contribution < 1.29 is 4.42 Å². The Balaban J connectivity index is 2.24. The van der Waals surface area contributed by atoms with Crippen LogP contribution < -0.4 is 0 Å². The van der Waals surface area contributed by atoms with Gasteiger partial charge in [0.05, 0.1) is 5.75 Å². The van der Waals surface area contributed by atoms with E-state index in [1.165, 1.54) is 0 Å². The molecule has 0 saturated heterocycles. The fraction of sp³-hybridized carbons (Fsp3) is 0.333. The SMILES string of the molecule is C=C(CCl)CSCc1ccc(Cl)o1. The summed E-state index contributed by atoms with van der Waals surface area (Å²) in [5.74, 6) is 3.08. The molecule has 1 rings (SSSR count). The van der Waals surface area contributed by atoms with Crippen molar-refractivity contribution >= 4 is 35.0 Å².